The number of carbonyl (C=O) groups is 1. The van der Waals surface area contributed by atoms with Gasteiger partial charge in [-0.05, 0) is 37.4 Å². The molecule has 0 saturated carbocycles. The summed E-state index contributed by atoms with van der Waals surface area (Å²) in [5, 5.41) is 2.94. The zero-order valence-corrected chi connectivity index (χ0v) is 15.3. The van der Waals surface area contributed by atoms with Gasteiger partial charge in [-0.15, -0.1) is 11.3 Å². The molecule has 0 aliphatic carbocycles. The van der Waals surface area contributed by atoms with E-state index >= 15 is 0 Å². The van der Waals surface area contributed by atoms with Crippen molar-refractivity contribution in [1.29, 1.82) is 0 Å². The average Bonchev–Trinajstić information content (AvgIpc) is 3.03. The molecular formula is C17H20BrN3OS. The maximum absolute atomic E-state index is 12.4. The number of nitrogens with zero attached hydrogens (tertiary/aromatic N) is 2. The Kier molecular flexibility index (Phi) is 5.46. The zero-order valence-electron chi connectivity index (χ0n) is 12.9. The molecule has 23 heavy (non-hydrogen) atoms. The highest BCUT2D eigenvalue weighted by atomic mass is 79.9. The predicted octanol–water partition coefficient (Wildman–Crippen LogP) is 3.31. The number of rotatable bonds is 4. The third kappa shape index (κ3) is 4.19. The number of aromatic nitrogens is 1. The van der Waals surface area contributed by atoms with Crippen LogP contribution in [-0.2, 0) is 11.2 Å². The summed E-state index contributed by atoms with van der Waals surface area (Å²) in [5.41, 5.74) is 7.63. The largest absolute Gasteiger partial charge is 0.342 e. The lowest BCUT2D eigenvalue weighted by molar-refractivity contribution is -0.131. The first-order valence-corrected chi connectivity index (χ1v) is 9.51. The van der Waals surface area contributed by atoms with E-state index in [1.165, 1.54) is 0 Å². The number of benzene rings is 1. The number of thiazole rings is 1. The lowest BCUT2D eigenvalue weighted by Crippen LogP contribution is -2.40. The van der Waals surface area contributed by atoms with Crippen LogP contribution in [0, 0.1) is 5.92 Å². The normalized spacial score (nSPS) is 15.8. The second kappa shape index (κ2) is 7.55. The van der Waals surface area contributed by atoms with E-state index in [9.17, 15) is 4.79 Å². The van der Waals surface area contributed by atoms with Crippen LogP contribution in [-0.4, -0.2) is 35.4 Å². The first kappa shape index (κ1) is 16.6. The molecule has 1 fully saturated rings. The molecule has 1 aromatic heterocycles. The van der Waals surface area contributed by atoms with Crippen molar-refractivity contribution < 1.29 is 4.79 Å². The Morgan fingerprint density at radius 3 is 2.87 bits per heavy atom. The molecule has 4 nitrogen and oxygen atoms in total. The Morgan fingerprint density at radius 2 is 2.17 bits per heavy atom. The quantitative estimate of drug-likeness (QED) is 0.866. The van der Waals surface area contributed by atoms with Crippen LogP contribution in [0.1, 0.15) is 18.5 Å². The zero-order chi connectivity index (χ0) is 16.2. The summed E-state index contributed by atoms with van der Waals surface area (Å²) in [6.07, 6.45) is 2.42. The van der Waals surface area contributed by atoms with Gasteiger partial charge in [0.1, 0.15) is 5.01 Å². The van der Waals surface area contributed by atoms with Crippen LogP contribution in [0.4, 0.5) is 0 Å². The van der Waals surface area contributed by atoms with Crippen LogP contribution < -0.4 is 5.73 Å². The molecule has 2 heterocycles. The van der Waals surface area contributed by atoms with E-state index in [1.807, 2.05) is 34.5 Å². The smallest absolute Gasteiger partial charge is 0.228 e. The highest BCUT2D eigenvalue weighted by molar-refractivity contribution is 9.10. The van der Waals surface area contributed by atoms with Gasteiger partial charge in [0.2, 0.25) is 5.91 Å². The van der Waals surface area contributed by atoms with Crippen molar-refractivity contribution in [2.45, 2.75) is 19.3 Å². The molecular weight excluding hydrogens is 374 g/mol. The summed E-state index contributed by atoms with van der Waals surface area (Å²) in [7, 11) is 0. The van der Waals surface area contributed by atoms with Gasteiger partial charge in [-0.1, -0.05) is 28.1 Å². The number of hydrogen-bond donors (Lipinski definition) is 1. The average molecular weight is 394 g/mol. The summed E-state index contributed by atoms with van der Waals surface area (Å²) in [6.45, 7) is 2.37. The van der Waals surface area contributed by atoms with E-state index in [2.05, 4.69) is 20.9 Å². The summed E-state index contributed by atoms with van der Waals surface area (Å²) < 4.78 is 1.03. The molecule has 122 valence electrons. The molecule has 0 unspecified atom stereocenters. The third-order valence-corrected chi connectivity index (χ3v) is 5.69. The second-order valence-electron chi connectivity index (χ2n) is 5.89. The minimum Gasteiger partial charge on any atom is -0.342 e. The number of piperidine rings is 1. The lowest BCUT2D eigenvalue weighted by atomic mass is 9.97. The number of halogens is 1. The Hall–Kier alpha value is -1.24. The van der Waals surface area contributed by atoms with Gasteiger partial charge < -0.3 is 10.6 Å². The van der Waals surface area contributed by atoms with Gasteiger partial charge >= 0.3 is 0 Å². The molecule has 1 aliphatic rings. The van der Waals surface area contributed by atoms with Gasteiger partial charge in [0.05, 0.1) is 12.1 Å². The standard InChI is InChI=1S/C17H20BrN3OS/c18-14-3-1-2-13(8-14)17-20-15(11-23-17)9-16(22)21-6-4-12(10-19)5-7-21/h1-3,8,11-12H,4-7,9-10,19H2. The van der Waals surface area contributed by atoms with E-state index < -0.39 is 0 Å². The van der Waals surface area contributed by atoms with E-state index in [1.54, 1.807) is 11.3 Å². The van der Waals surface area contributed by atoms with Crippen molar-refractivity contribution in [3.8, 4) is 10.6 Å². The number of hydrogen-bond acceptors (Lipinski definition) is 4. The van der Waals surface area contributed by atoms with Crippen LogP contribution in [0.15, 0.2) is 34.1 Å². The topological polar surface area (TPSA) is 59.2 Å². The van der Waals surface area contributed by atoms with Crippen molar-refractivity contribution in [3.63, 3.8) is 0 Å². The maximum atomic E-state index is 12.4. The molecule has 1 saturated heterocycles. The summed E-state index contributed by atoms with van der Waals surface area (Å²) in [5.74, 6) is 0.744. The van der Waals surface area contributed by atoms with Crippen LogP contribution in [0.2, 0.25) is 0 Å². The van der Waals surface area contributed by atoms with E-state index in [-0.39, 0.29) is 5.91 Å². The Bertz CT molecular complexity index is 680. The van der Waals surface area contributed by atoms with E-state index in [0.29, 0.717) is 12.3 Å². The fraction of sp³-hybridized carbons (Fsp3) is 0.412. The van der Waals surface area contributed by atoms with Crippen molar-refractivity contribution in [2.24, 2.45) is 11.7 Å². The highest BCUT2D eigenvalue weighted by Crippen LogP contribution is 2.26. The summed E-state index contributed by atoms with van der Waals surface area (Å²) >= 11 is 5.06. The van der Waals surface area contributed by atoms with Crippen LogP contribution in [0.3, 0.4) is 0 Å². The molecule has 0 atom stereocenters. The third-order valence-electron chi connectivity index (χ3n) is 4.26. The maximum Gasteiger partial charge on any atom is 0.228 e. The number of amides is 1. The highest BCUT2D eigenvalue weighted by Gasteiger charge is 2.22. The van der Waals surface area contributed by atoms with Gasteiger partial charge in [-0.2, -0.15) is 0 Å². The van der Waals surface area contributed by atoms with Gasteiger partial charge in [0.25, 0.3) is 0 Å². The number of likely N-dealkylation sites (tertiary alicyclic amines) is 1. The molecule has 2 N–H and O–H groups in total. The second-order valence-corrected chi connectivity index (χ2v) is 7.66. The lowest BCUT2D eigenvalue weighted by Gasteiger charge is -2.31. The van der Waals surface area contributed by atoms with Crippen molar-refractivity contribution in [1.82, 2.24) is 9.88 Å². The SMILES string of the molecule is NCC1CCN(C(=O)Cc2csc(-c3cccc(Br)c3)n2)CC1. The Balaban J connectivity index is 1.62. The first-order valence-electron chi connectivity index (χ1n) is 7.84. The number of carbonyl (C=O) groups excluding carboxylic acids is 1. The van der Waals surface area contributed by atoms with Crippen LogP contribution >= 0.6 is 27.3 Å². The van der Waals surface area contributed by atoms with Gasteiger partial charge in [0.15, 0.2) is 0 Å². The van der Waals surface area contributed by atoms with Crippen molar-refractivity contribution >= 4 is 33.2 Å². The molecule has 6 heteroatoms. The van der Waals surface area contributed by atoms with Crippen molar-refractivity contribution in [3.05, 3.63) is 39.8 Å². The molecule has 1 aromatic carbocycles. The summed E-state index contributed by atoms with van der Waals surface area (Å²) in [4.78, 5) is 19.0. The number of nitrogens with two attached hydrogens (primary N) is 1. The summed E-state index contributed by atoms with van der Waals surface area (Å²) in [6, 6.07) is 8.06. The fourth-order valence-electron chi connectivity index (χ4n) is 2.83. The molecule has 0 radical (unpaired) electrons. The molecule has 2 aromatic rings. The minimum absolute atomic E-state index is 0.173. The molecule has 1 amide bonds. The molecule has 3 rings (SSSR count). The van der Waals surface area contributed by atoms with E-state index in [4.69, 9.17) is 5.73 Å². The fourth-order valence-corrected chi connectivity index (χ4v) is 4.04. The Labute approximate surface area is 148 Å². The van der Waals surface area contributed by atoms with Gasteiger partial charge in [0, 0.05) is 28.5 Å². The first-order chi connectivity index (χ1) is 11.2. The predicted molar refractivity (Wildman–Crippen MR) is 97.3 cm³/mol. The molecule has 0 spiro atoms. The van der Waals surface area contributed by atoms with Crippen LogP contribution in [0.5, 0.6) is 0 Å². The van der Waals surface area contributed by atoms with Gasteiger partial charge in [-0.25, -0.2) is 4.98 Å². The van der Waals surface area contributed by atoms with E-state index in [0.717, 1.165) is 53.2 Å². The van der Waals surface area contributed by atoms with Crippen LogP contribution in [0.25, 0.3) is 10.6 Å². The molecule has 0 bridgehead atoms. The Morgan fingerprint density at radius 1 is 1.39 bits per heavy atom. The monoisotopic (exact) mass is 393 g/mol. The minimum atomic E-state index is 0.173. The van der Waals surface area contributed by atoms with Gasteiger partial charge in [-0.3, -0.25) is 4.79 Å². The molecule has 1 aliphatic heterocycles. The van der Waals surface area contributed by atoms with Crippen molar-refractivity contribution in [2.75, 3.05) is 19.6 Å².